The third-order valence-corrected chi connectivity index (χ3v) is 4.42. The van der Waals surface area contributed by atoms with E-state index in [1.807, 2.05) is 17.6 Å². The minimum atomic E-state index is 0.0841. The summed E-state index contributed by atoms with van der Waals surface area (Å²) in [6.45, 7) is 6.64. The molecule has 4 heteroatoms. The van der Waals surface area contributed by atoms with Crippen LogP contribution in [0.1, 0.15) is 62.8 Å². The Kier molecular flexibility index (Phi) is 7.03. The van der Waals surface area contributed by atoms with E-state index < -0.39 is 0 Å². The fourth-order valence-electron chi connectivity index (χ4n) is 2.47. The van der Waals surface area contributed by atoms with Gasteiger partial charge >= 0.3 is 0 Å². The molecule has 0 aliphatic carbocycles. The quantitative estimate of drug-likeness (QED) is 0.638. The van der Waals surface area contributed by atoms with Crippen molar-refractivity contribution in [2.45, 2.75) is 52.2 Å². The maximum atomic E-state index is 6.07. The van der Waals surface area contributed by atoms with Crippen LogP contribution in [0.2, 0.25) is 0 Å². The smallest absolute Gasteiger partial charge is 0.112 e. The molecule has 1 aromatic carbocycles. The topological polar surface area (TPSA) is 34.1 Å². The maximum absolute atomic E-state index is 6.07. The highest BCUT2D eigenvalue weighted by Crippen LogP contribution is 2.26. The van der Waals surface area contributed by atoms with Gasteiger partial charge in [-0.05, 0) is 24.3 Å². The van der Waals surface area contributed by atoms with Gasteiger partial charge in [-0.3, -0.25) is 4.84 Å². The van der Waals surface area contributed by atoms with Gasteiger partial charge in [-0.25, -0.2) is 4.98 Å². The van der Waals surface area contributed by atoms with Crippen molar-refractivity contribution in [3.63, 3.8) is 0 Å². The van der Waals surface area contributed by atoms with Crippen LogP contribution in [0.5, 0.6) is 0 Å². The Morgan fingerprint density at radius 1 is 1.23 bits per heavy atom. The van der Waals surface area contributed by atoms with Crippen molar-refractivity contribution < 1.29 is 4.84 Å². The van der Waals surface area contributed by atoms with E-state index in [9.17, 15) is 0 Å². The lowest BCUT2D eigenvalue weighted by Gasteiger charge is -2.23. The zero-order chi connectivity index (χ0) is 15.8. The Labute approximate surface area is 137 Å². The van der Waals surface area contributed by atoms with E-state index in [2.05, 4.69) is 55.5 Å². The zero-order valence-electron chi connectivity index (χ0n) is 13.7. The van der Waals surface area contributed by atoms with Gasteiger partial charge in [-0.15, -0.1) is 11.3 Å². The van der Waals surface area contributed by atoms with Gasteiger partial charge in [0.15, 0.2) is 0 Å². The van der Waals surface area contributed by atoms with Crippen LogP contribution in [0.25, 0.3) is 0 Å². The molecule has 0 saturated carbocycles. The monoisotopic (exact) mass is 318 g/mol. The summed E-state index contributed by atoms with van der Waals surface area (Å²) in [6.07, 6.45) is 5.05. The Bertz CT molecular complexity index is 511. The van der Waals surface area contributed by atoms with Crippen molar-refractivity contribution >= 4 is 11.3 Å². The van der Waals surface area contributed by atoms with E-state index in [1.165, 1.54) is 5.56 Å². The van der Waals surface area contributed by atoms with Crippen molar-refractivity contribution in [3.8, 4) is 0 Å². The predicted molar refractivity (Wildman–Crippen MR) is 92.6 cm³/mol. The molecule has 1 N–H and O–H groups in total. The standard InChI is InChI=1S/C18H26N2OS/c1-4-8-17(15-9-6-5-7-10-15)21-20-16(13-14(2)3)18-19-11-12-22-18/h5-7,9-12,14,16-17,20H,4,8,13H2,1-3H3/t16-,17+/m0/s1. The van der Waals surface area contributed by atoms with Gasteiger partial charge in [0, 0.05) is 11.6 Å². The highest BCUT2D eigenvalue weighted by Gasteiger charge is 2.19. The lowest BCUT2D eigenvalue weighted by atomic mass is 10.0. The Morgan fingerprint density at radius 2 is 2.00 bits per heavy atom. The van der Waals surface area contributed by atoms with Crippen LogP contribution in [0, 0.1) is 5.92 Å². The molecule has 0 radical (unpaired) electrons. The van der Waals surface area contributed by atoms with Crippen LogP contribution >= 0.6 is 11.3 Å². The van der Waals surface area contributed by atoms with E-state index in [-0.39, 0.29) is 12.1 Å². The first kappa shape index (κ1) is 17.1. The number of aromatic nitrogens is 1. The molecule has 1 aromatic heterocycles. The molecule has 0 fully saturated rings. The number of nitrogens with one attached hydrogen (secondary N) is 1. The van der Waals surface area contributed by atoms with Gasteiger partial charge in [-0.1, -0.05) is 57.5 Å². The molecule has 0 aliphatic rings. The number of hydrogen-bond donors (Lipinski definition) is 1. The summed E-state index contributed by atoms with van der Waals surface area (Å²) in [7, 11) is 0. The van der Waals surface area contributed by atoms with Crippen LogP contribution in [-0.2, 0) is 4.84 Å². The summed E-state index contributed by atoms with van der Waals surface area (Å²) in [6, 6.07) is 10.6. The third kappa shape index (κ3) is 5.20. The van der Waals surface area contributed by atoms with Crippen molar-refractivity contribution in [2.24, 2.45) is 5.92 Å². The third-order valence-electron chi connectivity index (χ3n) is 3.53. The second kappa shape index (κ2) is 9.03. The summed E-state index contributed by atoms with van der Waals surface area (Å²) < 4.78 is 0. The van der Waals surface area contributed by atoms with Gasteiger partial charge < -0.3 is 0 Å². The molecular formula is C18H26N2OS. The Balaban J connectivity index is 2.02. The molecule has 3 nitrogen and oxygen atoms in total. The first-order valence-corrected chi connectivity index (χ1v) is 8.94. The highest BCUT2D eigenvalue weighted by molar-refractivity contribution is 7.09. The number of nitrogens with zero attached hydrogens (tertiary/aromatic N) is 1. The van der Waals surface area contributed by atoms with E-state index in [0.29, 0.717) is 5.92 Å². The zero-order valence-corrected chi connectivity index (χ0v) is 14.5. The maximum Gasteiger partial charge on any atom is 0.112 e. The van der Waals surface area contributed by atoms with E-state index in [4.69, 9.17) is 4.84 Å². The number of rotatable bonds is 9. The summed E-state index contributed by atoms with van der Waals surface area (Å²) >= 11 is 1.68. The minimum Gasteiger partial charge on any atom is -0.293 e. The molecule has 0 saturated heterocycles. The van der Waals surface area contributed by atoms with Crippen molar-refractivity contribution in [2.75, 3.05) is 0 Å². The van der Waals surface area contributed by atoms with Crippen LogP contribution in [-0.4, -0.2) is 4.98 Å². The molecule has 2 aromatic rings. The van der Waals surface area contributed by atoms with Gasteiger partial charge in [0.05, 0.1) is 6.04 Å². The normalized spacial score (nSPS) is 14.2. The molecule has 0 spiro atoms. The summed E-state index contributed by atoms with van der Waals surface area (Å²) in [5.41, 5.74) is 4.51. The van der Waals surface area contributed by atoms with Gasteiger partial charge in [0.25, 0.3) is 0 Å². The Hall–Kier alpha value is -1.23. The summed E-state index contributed by atoms with van der Waals surface area (Å²) in [5, 5.41) is 3.11. The van der Waals surface area contributed by atoms with E-state index in [1.54, 1.807) is 11.3 Å². The summed E-state index contributed by atoms with van der Waals surface area (Å²) in [5.74, 6) is 0.589. The van der Waals surface area contributed by atoms with E-state index >= 15 is 0 Å². The molecule has 0 bridgehead atoms. The molecule has 0 aliphatic heterocycles. The fraction of sp³-hybridized carbons (Fsp3) is 0.500. The van der Waals surface area contributed by atoms with Gasteiger partial charge in [0.2, 0.25) is 0 Å². The molecule has 2 atom stereocenters. The number of hydroxylamine groups is 1. The Morgan fingerprint density at radius 3 is 2.59 bits per heavy atom. The lowest BCUT2D eigenvalue weighted by molar-refractivity contribution is -0.0539. The lowest BCUT2D eigenvalue weighted by Crippen LogP contribution is -2.25. The van der Waals surface area contributed by atoms with Gasteiger partial charge in [0.1, 0.15) is 11.1 Å². The molecule has 2 rings (SSSR count). The average molecular weight is 318 g/mol. The molecule has 22 heavy (non-hydrogen) atoms. The van der Waals surface area contributed by atoms with Crippen LogP contribution in [0.4, 0.5) is 0 Å². The molecule has 120 valence electrons. The van der Waals surface area contributed by atoms with Crippen LogP contribution in [0.15, 0.2) is 41.9 Å². The van der Waals surface area contributed by atoms with Gasteiger partial charge in [-0.2, -0.15) is 5.48 Å². The molecule has 0 amide bonds. The predicted octanol–water partition coefficient (Wildman–Crippen LogP) is 5.29. The van der Waals surface area contributed by atoms with Crippen molar-refractivity contribution in [1.82, 2.24) is 10.5 Å². The second-order valence-corrected chi connectivity index (χ2v) is 6.90. The number of benzene rings is 1. The highest BCUT2D eigenvalue weighted by atomic mass is 32.1. The largest absolute Gasteiger partial charge is 0.293 e. The first-order valence-electron chi connectivity index (χ1n) is 8.06. The second-order valence-electron chi connectivity index (χ2n) is 5.98. The number of thiazole rings is 1. The average Bonchev–Trinajstić information content (AvgIpc) is 3.05. The van der Waals surface area contributed by atoms with Crippen molar-refractivity contribution in [1.29, 1.82) is 0 Å². The van der Waals surface area contributed by atoms with Crippen LogP contribution in [0.3, 0.4) is 0 Å². The fourth-order valence-corrected chi connectivity index (χ4v) is 3.16. The van der Waals surface area contributed by atoms with Crippen LogP contribution < -0.4 is 5.48 Å². The molecular weight excluding hydrogens is 292 g/mol. The van der Waals surface area contributed by atoms with E-state index in [0.717, 1.165) is 24.3 Å². The molecule has 0 unspecified atom stereocenters. The number of hydrogen-bond acceptors (Lipinski definition) is 4. The molecule has 1 heterocycles. The first-order chi connectivity index (χ1) is 10.7. The minimum absolute atomic E-state index is 0.0841. The van der Waals surface area contributed by atoms with Crippen molar-refractivity contribution in [3.05, 3.63) is 52.5 Å². The summed E-state index contributed by atoms with van der Waals surface area (Å²) in [4.78, 5) is 10.5. The SMILES string of the molecule is CCC[C@@H](ON[C@@H](CC(C)C)c1nccs1)c1ccccc1.